The molecule has 0 aromatic heterocycles. The minimum Gasteiger partial charge on any atom is -0.310 e. The van der Waals surface area contributed by atoms with Crippen LogP contribution in [0.3, 0.4) is 0 Å². The van der Waals surface area contributed by atoms with Gasteiger partial charge < -0.3 is 5.32 Å². The number of carbonyl (C=O) groups excluding carboxylic acids is 1. The SMILES string of the molecule is O=C1CCNCC1(F)F. The zero-order valence-electron chi connectivity index (χ0n) is 4.79. The third-order valence-electron chi connectivity index (χ3n) is 1.28. The number of halogens is 2. The molecule has 0 atom stereocenters. The number of hydrogen-bond acceptors (Lipinski definition) is 2. The molecule has 1 fully saturated rings. The number of carbonyl (C=O) groups is 1. The van der Waals surface area contributed by atoms with E-state index in [1.165, 1.54) is 0 Å². The fraction of sp³-hybridized carbons (Fsp3) is 0.800. The van der Waals surface area contributed by atoms with Crippen LogP contribution in [0.4, 0.5) is 8.78 Å². The van der Waals surface area contributed by atoms with Gasteiger partial charge >= 0.3 is 5.92 Å². The van der Waals surface area contributed by atoms with E-state index in [4.69, 9.17) is 0 Å². The number of piperidine rings is 1. The minimum atomic E-state index is -3.11. The standard InChI is InChI=1S/C5H7F2NO/c6-5(7)3-8-2-1-4(5)9/h8H,1-3H2. The fourth-order valence-electron chi connectivity index (χ4n) is 0.729. The molecule has 1 aliphatic heterocycles. The van der Waals surface area contributed by atoms with E-state index >= 15 is 0 Å². The summed E-state index contributed by atoms with van der Waals surface area (Å²) in [6.45, 7) is -0.111. The van der Waals surface area contributed by atoms with E-state index in [9.17, 15) is 13.6 Å². The predicted octanol–water partition coefficient (Wildman–Crippen LogP) is 0.184. The lowest BCUT2D eigenvalue weighted by molar-refractivity contribution is -0.144. The van der Waals surface area contributed by atoms with Gasteiger partial charge in [0.15, 0.2) is 0 Å². The molecule has 9 heavy (non-hydrogen) atoms. The van der Waals surface area contributed by atoms with Gasteiger partial charge in [-0.3, -0.25) is 4.79 Å². The Bertz CT molecular complexity index is 135. The Morgan fingerprint density at radius 2 is 2.22 bits per heavy atom. The third kappa shape index (κ3) is 1.24. The quantitative estimate of drug-likeness (QED) is 0.513. The van der Waals surface area contributed by atoms with E-state index in [1.807, 2.05) is 0 Å². The molecule has 1 rings (SSSR count). The molecular formula is C5H7F2NO. The van der Waals surface area contributed by atoms with Gasteiger partial charge in [-0.15, -0.1) is 0 Å². The molecule has 0 aliphatic carbocycles. The molecule has 0 spiro atoms. The first kappa shape index (κ1) is 6.61. The molecule has 0 bridgehead atoms. The van der Waals surface area contributed by atoms with E-state index in [0.717, 1.165) is 0 Å². The Balaban J connectivity index is 2.60. The summed E-state index contributed by atoms with van der Waals surface area (Å²) in [5, 5.41) is 2.43. The van der Waals surface area contributed by atoms with Crippen molar-refractivity contribution >= 4 is 5.78 Å². The summed E-state index contributed by atoms with van der Waals surface area (Å²) in [5.74, 6) is -4.06. The second kappa shape index (κ2) is 2.02. The van der Waals surface area contributed by atoms with Crippen LogP contribution in [-0.4, -0.2) is 24.8 Å². The van der Waals surface area contributed by atoms with E-state index in [-0.39, 0.29) is 6.42 Å². The maximum absolute atomic E-state index is 12.2. The van der Waals surface area contributed by atoms with Crippen LogP contribution in [0, 0.1) is 0 Å². The highest BCUT2D eigenvalue weighted by atomic mass is 19.3. The largest absolute Gasteiger partial charge is 0.317 e. The van der Waals surface area contributed by atoms with Gasteiger partial charge in [-0.2, -0.15) is 8.78 Å². The van der Waals surface area contributed by atoms with Gasteiger partial charge in [0.1, 0.15) is 0 Å². The highest BCUT2D eigenvalue weighted by Crippen LogP contribution is 2.17. The van der Waals surface area contributed by atoms with Crippen molar-refractivity contribution in [1.82, 2.24) is 5.32 Å². The highest BCUT2D eigenvalue weighted by Gasteiger charge is 2.39. The number of Topliss-reactive ketones (excluding diaryl/α,β-unsaturated/α-hetero) is 1. The Hall–Kier alpha value is -0.510. The lowest BCUT2D eigenvalue weighted by atomic mass is 10.1. The van der Waals surface area contributed by atoms with Crippen molar-refractivity contribution in [3.8, 4) is 0 Å². The number of rotatable bonds is 0. The van der Waals surface area contributed by atoms with Crippen LogP contribution in [0.5, 0.6) is 0 Å². The summed E-state index contributed by atoms with van der Waals surface area (Å²) in [6.07, 6.45) is -0.0486. The van der Waals surface area contributed by atoms with Gasteiger partial charge in [0.25, 0.3) is 0 Å². The zero-order valence-corrected chi connectivity index (χ0v) is 4.79. The molecule has 52 valence electrons. The smallest absolute Gasteiger partial charge is 0.310 e. The average molecular weight is 135 g/mol. The van der Waals surface area contributed by atoms with Crippen molar-refractivity contribution < 1.29 is 13.6 Å². The number of hydrogen-bond donors (Lipinski definition) is 1. The van der Waals surface area contributed by atoms with Crippen LogP contribution in [0.1, 0.15) is 6.42 Å². The van der Waals surface area contributed by atoms with E-state index in [2.05, 4.69) is 5.32 Å². The Morgan fingerprint density at radius 3 is 2.56 bits per heavy atom. The minimum absolute atomic E-state index is 0.0486. The second-order valence-electron chi connectivity index (χ2n) is 2.05. The molecular weight excluding hydrogens is 128 g/mol. The van der Waals surface area contributed by atoms with Crippen LogP contribution in [-0.2, 0) is 4.79 Å². The molecule has 1 N–H and O–H groups in total. The fourth-order valence-corrected chi connectivity index (χ4v) is 0.729. The maximum atomic E-state index is 12.2. The molecule has 0 amide bonds. The van der Waals surface area contributed by atoms with Crippen LogP contribution in [0.15, 0.2) is 0 Å². The van der Waals surface area contributed by atoms with Crippen molar-refractivity contribution in [3.63, 3.8) is 0 Å². The molecule has 0 radical (unpaired) electrons. The molecule has 0 aromatic carbocycles. The molecule has 0 saturated carbocycles. The summed E-state index contributed by atoms with van der Waals surface area (Å²) in [4.78, 5) is 10.3. The molecule has 1 aliphatic rings. The van der Waals surface area contributed by atoms with E-state index < -0.39 is 18.3 Å². The topological polar surface area (TPSA) is 29.1 Å². The van der Waals surface area contributed by atoms with Crippen LogP contribution in [0.2, 0.25) is 0 Å². The van der Waals surface area contributed by atoms with Crippen LogP contribution in [0.25, 0.3) is 0 Å². The molecule has 0 unspecified atom stereocenters. The third-order valence-corrected chi connectivity index (χ3v) is 1.28. The van der Waals surface area contributed by atoms with Gasteiger partial charge in [0.05, 0.1) is 6.54 Å². The summed E-state index contributed by atoms with van der Waals surface area (Å²) < 4.78 is 24.4. The van der Waals surface area contributed by atoms with Crippen LogP contribution >= 0.6 is 0 Å². The number of nitrogens with one attached hydrogen (secondary N) is 1. The summed E-state index contributed by atoms with van der Waals surface area (Å²) in [7, 11) is 0. The lowest BCUT2D eigenvalue weighted by Crippen LogP contribution is -2.46. The first-order chi connectivity index (χ1) is 4.13. The van der Waals surface area contributed by atoms with Crippen molar-refractivity contribution in [3.05, 3.63) is 0 Å². The molecule has 1 heterocycles. The molecule has 1 saturated heterocycles. The molecule has 4 heteroatoms. The zero-order chi connectivity index (χ0) is 6.91. The first-order valence-electron chi connectivity index (χ1n) is 2.75. The average Bonchev–Trinajstić information content (AvgIpc) is 1.77. The number of ketones is 1. The van der Waals surface area contributed by atoms with Crippen molar-refractivity contribution in [1.29, 1.82) is 0 Å². The highest BCUT2D eigenvalue weighted by molar-refractivity contribution is 5.86. The van der Waals surface area contributed by atoms with Gasteiger partial charge in [-0.1, -0.05) is 0 Å². The normalized spacial score (nSPS) is 26.2. The van der Waals surface area contributed by atoms with Crippen molar-refractivity contribution in [2.45, 2.75) is 12.3 Å². The second-order valence-corrected chi connectivity index (χ2v) is 2.05. The monoisotopic (exact) mass is 135 g/mol. The molecule has 2 nitrogen and oxygen atoms in total. The summed E-state index contributed by atoms with van der Waals surface area (Å²) >= 11 is 0. The van der Waals surface area contributed by atoms with Gasteiger partial charge in [0.2, 0.25) is 5.78 Å². The predicted molar refractivity (Wildman–Crippen MR) is 27.4 cm³/mol. The summed E-state index contributed by atoms with van der Waals surface area (Å²) in [6, 6.07) is 0. The Labute approximate surface area is 51.2 Å². The van der Waals surface area contributed by atoms with E-state index in [0.29, 0.717) is 6.54 Å². The summed E-state index contributed by atoms with van der Waals surface area (Å²) in [5.41, 5.74) is 0. The molecule has 0 aromatic rings. The number of alkyl halides is 2. The Kier molecular flexibility index (Phi) is 1.48. The Morgan fingerprint density at radius 1 is 1.56 bits per heavy atom. The first-order valence-corrected chi connectivity index (χ1v) is 2.75. The van der Waals surface area contributed by atoms with Gasteiger partial charge in [0, 0.05) is 13.0 Å². The van der Waals surface area contributed by atoms with Crippen LogP contribution < -0.4 is 5.32 Å². The van der Waals surface area contributed by atoms with Crippen molar-refractivity contribution in [2.75, 3.05) is 13.1 Å². The maximum Gasteiger partial charge on any atom is 0.317 e. The lowest BCUT2D eigenvalue weighted by Gasteiger charge is -2.20. The van der Waals surface area contributed by atoms with Crippen molar-refractivity contribution in [2.24, 2.45) is 0 Å². The van der Waals surface area contributed by atoms with Gasteiger partial charge in [-0.25, -0.2) is 0 Å². The van der Waals surface area contributed by atoms with Gasteiger partial charge in [-0.05, 0) is 0 Å². The van der Waals surface area contributed by atoms with E-state index in [1.54, 1.807) is 0 Å².